The van der Waals surface area contributed by atoms with Crippen LogP contribution in [0, 0.1) is 0 Å². The monoisotopic (exact) mass is 386 g/mol. The number of amides is 1. The second kappa shape index (κ2) is 8.41. The highest BCUT2D eigenvalue weighted by atomic mass is 32.2. The number of nitrogens with one attached hydrogen (secondary N) is 1. The lowest BCUT2D eigenvalue weighted by Crippen LogP contribution is -2.16. The molecule has 10 heteroatoms. The van der Waals surface area contributed by atoms with Gasteiger partial charge in [0.1, 0.15) is 11.5 Å². The number of nitrogen functional groups attached to an aromatic ring is 1. The maximum absolute atomic E-state index is 12.3. The Balaban J connectivity index is 1.64. The number of carbonyl (C=O) groups is 1. The third kappa shape index (κ3) is 4.47. The molecule has 0 atom stereocenters. The van der Waals surface area contributed by atoms with E-state index in [1.807, 2.05) is 6.07 Å². The summed E-state index contributed by atoms with van der Waals surface area (Å²) >= 11 is 1.18. The molecule has 2 aromatic heterocycles. The fourth-order valence-corrected chi connectivity index (χ4v) is 2.93. The number of aromatic nitrogens is 4. The first-order chi connectivity index (χ1) is 13.1. The number of rotatable bonds is 7. The highest BCUT2D eigenvalue weighted by Crippen LogP contribution is 2.26. The Labute approximate surface area is 159 Å². The highest BCUT2D eigenvalue weighted by Gasteiger charge is 2.14. The van der Waals surface area contributed by atoms with E-state index < -0.39 is 0 Å². The third-order valence-electron chi connectivity index (χ3n) is 3.55. The second-order valence-electron chi connectivity index (χ2n) is 5.36. The van der Waals surface area contributed by atoms with E-state index in [0.717, 1.165) is 5.56 Å². The van der Waals surface area contributed by atoms with Crippen molar-refractivity contribution in [1.82, 2.24) is 19.9 Å². The van der Waals surface area contributed by atoms with Gasteiger partial charge < -0.3 is 20.6 Å². The van der Waals surface area contributed by atoms with Crippen LogP contribution in [0.1, 0.15) is 0 Å². The average molecular weight is 386 g/mol. The van der Waals surface area contributed by atoms with Crippen LogP contribution >= 0.6 is 11.8 Å². The minimum absolute atomic E-state index is 0.113. The van der Waals surface area contributed by atoms with Gasteiger partial charge in [0.2, 0.25) is 11.1 Å². The van der Waals surface area contributed by atoms with Crippen LogP contribution in [0.2, 0.25) is 0 Å². The van der Waals surface area contributed by atoms with Gasteiger partial charge in [0.25, 0.3) is 0 Å². The van der Waals surface area contributed by atoms with Crippen molar-refractivity contribution in [2.75, 3.05) is 31.1 Å². The number of benzene rings is 1. The summed E-state index contributed by atoms with van der Waals surface area (Å²) in [6, 6.07) is 8.75. The zero-order chi connectivity index (χ0) is 19.2. The Hall–Kier alpha value is -3.27. The Kier molecular flexibility index (Phi) is 5.77. The SMILES string of the molecule is COc1cc(NC(=O)CSc2nnc(-c3cccnc3)n2N)cc(OC)c1. The van der Waals surface area contributed by atoms with Crippen molar-refractivity contribution in [3.63, 3.8) is 0 Å². The Morgan fingerprint density at radius 2 is 1.96 bits per heavy atom. The smallest absolute Gasteiger partial charge is 0.234 e. The van der Waals surface area contributed by atoms with E-state index in [1.165, 1.54) is 16.4 Å². The molecule has 27 heavy (non-hydrogen) atoms. The van der Waals surface area contributed by atoms with Gasteiger partial charge in [0.15, 0.2) is 5.82 Å². The van der Waals surface area contributed by atoms with Gasteiger partial charge in [-0.05, 0) is 12.1 Å². The number of methoxy groups -OCH3 is 2. The van der Waals surface area contributed by atoms with Crippen molar-refractivity contribution >= 4 is 23.4 Å². The van der Waals surface area contributed by atoms with Crippen LogP contribution < -0.4 is 20.6 Å². The first kappa shape index (κ1) is 18.5. The van der Waals surface area contributed by atoms with Crippen LogP contribution in [0.25, 0.3) is 11.4 Å². The number of pyridine rings is 1. The van der Waals surface area contributed by atoms with E-state index in [1.54, 1.807) is 50.9 Å². The summed E-state index contributed by atoms with van der Waals surface area (Å²) in [5.41, 5.74) is 1.31. The summed E-state index contributed by atoms with van der Waals surface area (Å²) in [4.78, 5) is 16.3. The largest absolute Gasteiger partial charge is 0.497 e. The molecule has 3 rings (SSSR count). The normalized spacial score (nSPS) is 10.4. The van der Waals surface area contributed by atoms with Crippen LogP contribution in [-0.4, -0.2) is 45.7 Å². The number of thioether (sulfide) groups is 1. The molecule has 0 radical (unpaired) electrons. The summed E-state index contributed by atoms with van der Waals surface area (Å²) in [6.07, 6.45) is 3.30. The van der Waals surface area contributed by atoms with Crippen LogP contribution in [0.3, 0.4) is 0 Å². The van der Waals surface area contributed by atoms with Crippen molar-refractivity contribution in [3.8, 4) is 22.9 Å². The van der Waals surface area contributed by atoms with Crippen molar-refractivity contribution in [2.45, 2.75) is 5.16 Å². The highest BCUT2D eigenvalue weighted by molar-refractivity contribution is 7.99. The number of nitrogens with two attached hydrogens (primary N) is 1. The zero-order valence-corrected chi connectivity index (χ0v) is 15.6. The van der Waals surface area contributed by atoms with E-state index in [9.17, 15) is 4.79 Å². The van der Waals surface area contributed by atoms with E-state index >= 15 is 0 Å². The number of nitrogens with zero attached hydrogens (tertiary/aromatic N) is 4. The maximum Gasteiger partial charge on any atom is 0.234 e. The first-order valence-electron chi connectivity index (χ1n) is 7.87. The average Bonchev–Trinajstić information content (AvgIpc) is 3.07. The van der Waals surface area contributed by atoms with Crippen LogP contribution in [0.5, 0.6) is 11.5 Å². The molecule has 0 unspecified atom stereocenters. The molecular formula is C17H18N6O3S. The maximum atomic E-state index is 12.3. The minimum atomic E-state index is -0.221. The van der Waals surface area contributed by atoms with Crippen molar-refractivity contribution in [1.29, 1.82) is 0 Å². The first-order valence-corrected chi connectivity index (χ1v) is 8.86. The van der Waals surface area contributed by atoms with Crippen molar-refractivity contribution < 1.29 is 14.3 Å². The van der Waals surface area contributed by atoms with E-state index in [4.69, 9.17) is 15.3 Å². The molecule has 1 aromatic carbocycles. The summed E-state index contributed by atoms with van der Waals surface area (Å²) in [5, 5.41) is 11.3. The summed E-state index contributed by atoms with van der Waals surface area (Å²) < 4.78 is 11.7. The number of hydrogen-bond donors (Lipinski definition) is 2. The standard InChI is InChI=1S/C17H18N6O3S/c1-25-13-6-12(7-14(8-13)26-2)20-15(24)10-27-17-22-21-16(23(17)18)11-4-3-5-19-9-11/h3-9H,10,18H2,1-2H3,(H,20,24). The van der Waals surface area contributed by atoms with Gasteiger partial charge in [-0.15, -0.1) is 10.2 Å². The molecule has 0 aliphatic rings. The van der Waals surface area contributed by atoms with Gasteiger partial charge in [-0.25, -0.2) is 4.68 Å². The molecule has 0 spiro atoms. The molecule has 0 saturated heterocycles. The van der Waals surface area contributed by atoms with E-state index in [2.05, 4.69) is 20.5 Å². The number of carbonyl (C=O) groups excluding carboxylic acids is 1. The van der Waals surface area contributed by atoms with Gasteiger partial charge in [0.05, 0.1) is 20.0 Å². The quantitative estimate of drug-likeness (QED) is 0.466. The number of ether oxygens (including phenoxy) is 2. The Morgan fingerprint density at radius 3 is 2.59 bits per heavy atom. The molecule has 2 heterocycles. The molecule has 0 aliphatic carbocycles. The fraction of sp³-hybridized carbons (Fsp3) is 0.176. The van der Waals surface area contributed by atoms with Crippen molar-refractivity contribution in [3.05, 3.63) is 42.7 Å². The predicted molar refractivity (Wildman–Crippen MR) is 102 cm³/mol. The number of anilines is 1. The van der Waals surface area contributed by atoms with Crippen LogP contribution in [0.15, 0.2) is 47.9 Å². The van der Waals surface area contributed by atoms with Gasteiger partial charge in [-0.1, -0.05) is 11.8 Å². The Morgan fingerprint density at radius 1 is 1.22 bits per heavy atom. The summed E-state index contributed by atoms with van der Waals surface area (Å²) in [7, 11) is 3.09. The molecule has 1 amide bonds. The number of hydrogen-bond acceptors (Lipinski definition) is 8. The van der Waals surface area contributed by atoms with Crippen LogP contribution in [0.4, 0.5) is 5.69 Å². The zero-order valence-electron chi connectivity index (χ0n) is 14.7. The third-order valence-corrected chi connectivity index (χ3v) is 4.49. The topological polar surface area (TPSA) is 117 Å². The summed E-state index contributed by atoms with van der Waals surface area (Å²) in [5.74, 6) is 7.56. The summed E-state index contributed by atoms with van der Waals surface area (Å²) in [6.45, 7) is 0. The fourth-order valence-electron chi connectivity index (χ4n) is 2.27. The molecule has 0 fully saturated rings. The lowest BCUT2D eigenvalue weighted by Gasteiger charge is -2.09. The lowest BCUT2D eigenvalue weighted by atomic mass is 10.2. The van der Waals surface area contributed by atoms with Crippen molar-refractivity contribution in [2.24, 2.45) is 0 Å². The van der Waals surface area contributed by atoms with E-state index in [-0.39, 0.29) is 11.7 Å². The molecule has 9 nitrogen and oxygen atoms in total. The minimum Gasteiger partial charge on any atom is -0.497 e. The molecule has 0 saturated carbocycles. The molecular weight excluding hydrogens is 368 g/mol. The second-order valence-corrected chi connectivity index (χ2v) is 6.30. The Bertz CT molecular complexity index is 909. The van der Waals surface area contributed by atoms with Gasteiger partial charge >= 0.3 is 0 Å². The molecule has 140 valence electrons. The predicted octanol–water partition coefficient (Wildman–Crippen LogP) is 1.80. The van der Waals surface area contributed by atoms with Crippen LogP contribution in [-0.2, 0) is 4.79 Å². The van der Waals surface area contributed by atoms with Gasteiger partial charge in [0, 0.05) is 41.8 Å². The van der Waals surface area contributed by atoms with Gasteiger partial charge in [-0.2, -0.15) is 0 Å². The van der Waals surface area contributed by atoms with E-state index in [0.29, 0.717) is 28.2 Å². The molecule has 0 aliphatic heterocycles. The molecule has 0 bridgehead atoms. The lowest BCUT2D eigenvalue weighted by molar-refractivity contribution is -0.113. The molecule has 3 aromatic rings. The molecule has 3 N–H and O–H groups in total. The van der Waals surface area contributed by atoms with Gasteiger partial charge in [-0.3, -0.25) is 9.78 Å².